The fourth-order valence-electron chi connectivity index (χ4n) is 3.05. The van der Waals surface area contributed by atoms with Gasteiger partial charge in [0.05, 0.1) is 18.2 Å². The van der Waals surface area contributed by atoms with Crippen LogP contribution >= 0.6 is 0 Å². The number of H-pyrrole nitrogens is 2. The summed E-state index contributed by atoms with van der Waals surface area (Å²) in [6, 6.07) is 7.17. The van der Waals surface area contributed by atoms with E-state index in [1.54, 1.807) is 25.1 Å². The van der Waals surface area contributed by atoms with Gasteiger partial charge in [0.15, 0.2) is 16.9 Å². The van der Waals surface area contributed by atoms with E-state index in [4.69, 9.17) is 0 Å². The minimum atomic E-state index is -0.801. The zero-order valence-electron chi connectivity index (χ0n) is 15.0. The van der Waals surface area contributed by atoms with Crippen LogP contribution in [0.2, 0.25) is 0 Å². The van der Waals surface area contributed by atoms with Crippen LogP contribution in [0.4, 0.5) is 11.6 Å². The molecule has 28 heavy (non-hydrogen) atoms. The summed E-state index contributed by atoms with van der Waals surface area (Å²) in [5.41, 5.74) is -0.134. The van der Waals surface area contributed by atoms with Gasteiger partial charge in [-0.15, -0.1) is 10.2 Å². The van der Waals surface area contributed by atoms with Crippen molar-refractivity contribution in [1.82, 2.24) is 24.1 Å². The van der Waals surface area contributed by atoms with E-state index < -0.39 is 17.4 Å². The Bertz CT molecular complexity index is 1340. The highest BCUT2D eigenvalue weighted by Crippen LogP contribution is 2.36. The second-order valence-corrected chi connectivity index (χ2v) is 6.43. The average Bonchev–Trinajstić information content (AvgIpc) is 3.15. The minimum absolute atomic E-state index is 0.0198. The minimum Gasteiger partial charge on any atom is -0.493 e. The topological polar surface area (TPSA) is 154 Å². The SMILES string of the molecule is C[C@H](O)Cn1c(N=Nc2c(O)[nH]c3ccccc23)nc2c1c(=O)[nH]c(=O)n2C. The summed E-state index contributed by atoms with van der Waals surface area (Å²) in [6.07, 6.45) is -0.801. The zero-order valence-corrected chi connectivity index (χ0v) is 15.0. The molecule has 0 radical (unpaired) electrons. The Morgan fingerprint density at radius 3 is 2.71 bits per heavy atom. The van der Waals surface area contributed by atoms with Gasteiger partial charge in [0.2, 0.25) is 5.88 Å². The summed E-state index contributed by atoms with van der Waals surface area (Å²) in [5, 5.41) is 28.8. The predicted octanol–water partition coefficient (Wildman–Crippen LogP) is 1.41. The largest absolute Gasteiger partial charge is 0.493 e. The molecule has 0 aliphatic rings. The lowest BCUT2D eigenvalue weighted by Gasteiger charge is -2.07. The molecule has 0 spiro atoms. The molecule has 0 bridgehead atoms. The molecule has 1 aromatic carbocycles. The standard InChI is InChI=1S/C17H17N7O4/c1-8(25)7-24-12-13(23(2)17(28)20-15(12)27)19-16(24)22-21-11-9-5-3-4-6-10(9)18-14(11)26/h3-6,8,18,25-26H,7H2,1-2H3,(H,20,27,28)/t8-/m0/s1. The van der Waals surface area contributed by atoms with E-state index in [-0.39, 0.29) is 35.2 Å². The third kappa shape index (κ3) is 2.77. The summed E-state index contributed by atoms with van der Waals surface area (Å²) >= 11 is 0. The molecule has 0 saturated heterocycles. The lowest BCUT2D eigenvalue weighted by molar-refractivity contribution is 0.175. The number of rotatable bonds is 4. The molecule has 3 heterocycles. The maximum Gasteiger partial charge on any atom is 0.329 e. The molecule has 11 nitrogen and oxygen atoms in total. The van der Waals surface area contributed by atoms with Crippen LogP contribution in [0, 0.1) is 0 Å². The van der Waals surface area contributed by atoms with Gasteiger partial charge in [0.1, 0.15) is 0 Å². The molecule has 4 N–H and O–H groups in total. The number of nitrogens with one attached hydrogen (secondary N) is 2. The number of hydrogen-bond donors (Lipinski definition) is 4. The van der Waals surface area contributed by atoms with Crippen molar-refractivity contribution in [2.45, 2.75) is 19.6 Å². The maximum absolute atomic E-state index is 12.3. The normalized spacial score (nSPS) is 13.1. The molecule has 0 unspecified atom stereocenters. The molecule has 144 valence electrons. The number of imidazole rings is 1. The van der Waals surface area contributed by atoms with Crippen LogP contribution in [0.1, 0.15) is 6.92 Å². The number of aryl methyl sites for hydroxylation is 1. The molecular weight excluding hydrogens is 366 g/mol. The fraction of sp³-hybridized carbons (Fsp3) is 0.235. The zero-order chi connectivity index (χ0) is 20.0. The molecule has 0 aliphatic heterocycles. The maximum atomic E-state index is 12.3. The lowest BCUT2D eigenvalue weighted by atomic mass is 10.2. The van der Waals surface area contributed by atoms with Gasteiger partial charge in [0, 0.05) is 12.4 Å². The quantitative estimate of drug-likeness (QED) is 0.392. The van der Waals surface area contributed by atoms with Gasteiger partial charge in [-0.1, -0.05) is 18.2 Å². The van der Waals surface area contributed by atoms with E-state index in [0.717, 1.165) is 0 Å². The lowest BCUT2D eigenvalue weighted by Crippen LogP contribution is -2.29. The van der Waals surface area contributed by atoms with Gasteiger partial charge in [-0.2, -0.15) is 4.98 Å². The van der Waals surface area contributed by atoms with Crippen molar-refractivity contribution in [2.24, 2.45) is 17.3 Å². The number of aromatic nitrogens is 5. The molecule has 11 heteroatoms. The second kappa shape index (κ2) is 6.46. The highest BCUT2D eigenvalue weighted by Gasteiger charge is 2.19. The third-order valence-corrected chi connectivity index (χ3v) is 4.33. The Hall–Kier alpha value is -3.73. The Morgan fingerprint density at radius 2 is 1.96 bits per heavy atom. The van der Waals surface area contributed by atoms with Crippen LogP contribution in [-0.4, -0.2) is 40.4 Å². The molecule has 0 fully saturated rings. The van der Waals surface area contributed by atoms with E-state index in [1.165, 1.54) is 16.2 Å². The summed E-state index contributed by atoms with van der Waals surface area (Å²) in [6.45, 7) is 1.57. The van der Waals surface area contributed by atoms with Crippen LogP contribution in [0.3, 0.4) is 0 Å². The van der Waals surface area contributed by atoms with Crippen molar-refractivity contribution in [1.29, 1.82) is 0 Å². The number of para-hydroxylation sites is 1. The molecule has 4 rings (SSSR count). The first-order chi connectivity index (χ1) is 13.4. The first-order valence-corrected chi connectivity index (χ1v) is 8.46. The van der Waals surface area contributed by atoms with Gasteiger partial charge in [-0.05, 0) is 13.0 Å². The predicted molar refractivity (Wildman–Crippen MR) is 101 cm³/mol. The van der Waals surface area contributed by atoms with E-state index in [9.17, 15) is 19.8 Å². The van der Waals surface area contributed by atoms with Gasteiger partial charge >= 0.3 is 5.69 Å². The number of azo groups is 1. The molecule has 0 saturated carbocycles. The number of hydrogen-bond acceptors (Lipinski definition) is 7. The molecule has 4 aromatic rings. The highest BCUT2D eigenvalue weighted by atomic mass is 16.3. The van der Waals surface area contributed by atoms with E-state index in [2.05, 4.69) is 25.2 Å². The summed E-state index contributed by atoms with van der Waals surface area (Å²) in [5.74, 6) is -0.138. The fourth-order valence-corrected chi connectivity index (χ4v) is 3.05. The van der Waals surface area contributed by atoms with Gasteiger partial charge < -0.3 is 15.2 Å². The summed E-state index contributed by atoms with van der Waals surface area (Å²) in [4.78, 5) is 33.4. The van der Waals surface area contributed by atoms with Crippen LogP contribution in [0.5, 0.6) is 5.88 Å². The summed E-state index contributed by atoms with van der Waals surface area (Å²) in [7, 11) is 1.47. The Morgan fingerprint density at radius 1 is 1.21 bits per heavy atom. The van der Waals surface area contributed by atoms with Gasteiger partial charge in [0.25, 0.3) is 11.5 Å². The number of benzene rings is 1. The molecular formula is C17H17N7O4. The first-order valence-electron chi connectivity index (χ1n) is 8.46. The Balaban J connectivity index is 1.93. The smallest absolute Gasteiger partial charge is 0.329 e. The Kier molecular flexibility index (Phi) is 4.08. The van der Waals surface area contributed by atoms with Crippen LogP contribution < -0.4 is 11.2 Å². The van der Waals surface area contributed by atoms with Crippen molar-refractivity contribution in [3.05, 3.63) is 45.1 Å². The van der Waals surface area contributed by atoms with Gasteiger partial charge in [-0.3, -0.25) is 18.9 Å². The van der Waals surface area contributed by atoms with E-state index >= 15 is 0 Å². The number of nitrogens with zero attached hydrogens (tertiary/aromatic N) is 5. The van der Waals surface area contributed by atoms with Crippen molar-refractivity contribution in [3.63, 3.8) is 0 Å². The number of aromatic hydroxyl groups is 1. The number of aliphatic hydroxyl groups is 1. The van der Waals surface area contributed by atoms with Crippen LogP contribution in [0.25, 0.3) is 22.1 Å². The van der Waals surface area contributed by atoms with Gasteiger partial charge in [-0.25, -0.2) is 4.79 Å². The van der Waals surface area contributed by atoms with E-state index in [0.29, 0.717) is 10.9 Å². The first kappa shape index (κ1) is 17.7. The van der Waals surface area contributed by atoms with E-state index in [1.807, 2.05) is 6.07 Å². The number of aliphatic hydroxyl groups excluding tert-OH is 1. The molecule has 0 aliphatic carbocycles. The molecule has 1 atom stereocenters. The monoisotopic (exact) mass is 383 g/mol. The highest BCUT2D eigenvalue weighted by molar-refractivity contribution is 5.94. The molecule has 3 aromatic heterocycles. The Labute approximate surface area is 156 Å². The summed E-state index contributed by atoms with van der Waals surface area (Å²) < 4.78 is 2.56. The second-order valence-electron chi connectivity index (χ2n) is 6.43. The van der Waals surface area contributed by atoms with Crippen LogP contribution in [0.15, 0.2) is 44.1 Å². The van der Waals surface area contributed by atoms with Crippen LogP contribution in [-0.2, 0) is 13.6 Å². The third-order valence-electron chi connectivity index (χ3n) is 4.33. The van der Waals surface area contributed by atoms with Crippen molar-refractivity contribution < 1.29 is 10.2 Å². The van der Waals surface area contributed by atoms with Crippen molar-refractivity contribution >= 4 is 33.7 Å². The van der Waals surface area contributed by atoms with Crippen molar-refractivity contribution in [2.75, 3.05) is 0 Å². The number of aromatic amines is 2. The number of fused-ring (bicyclic) bond motifs is 2. The van der Waals surface area contributed by atoms with Crippen molar-refractivity contribution in [3.8, 4) is 5.88 Å². The molecule has 0 amide bonds. The average molecular weight is 383 g/mol.